The number of aliphatic hydroxyl groups is 1. The number of carbonyl (C=O) groups excluding carboxylic acids is 2. The van der Waals surface area contributed by atoms with E-state index >= 15 is 0 Å². The Labute approximate surface area is 180 Å². The third kappa shape index (κ3) is 4.49. The molecule has 0 bridgehead atoms. The van der Waals surface area contributed by atoms with Crippen LogP contribution in [0.4, 0.5) is 5.82 Å². The summed E-state index contributed by atoms with van der Waals surface area (Å²) < 4.78 is 18.6. The van der Waals surface area contributed by atoms with Gasteiger partial charge in [-0.1, -0.05) is 27.7 Å². The van der Waals surface area contributed by atoms with E-state index in [1.54, 1.807) is 32.9 Å². The first kappa shape index (κ1) is 23.0. The average molecular weight is 434 g/mol. The Morgan fingerprint density at radius 3 is 2.68 bits per heavy atom. The topological polar surface area (TPSA) is 138 Å². The number of fused-ring (bicyclic) bond motifs is 1. The van der Waals surface area contributed by atoms with Crippen LogP contribution in [0.5, 0.6) is 0 Å². The third-order valence-electron chi connectivity index (χ3n) is 5.34. The average Bonchev–Trinajstić information content (AvgIpc) is 3.22. The van der Waals surface area contributed by atoms with Crippen LogP contribution in [-0.4, -0.2) is 56.6 Å². The Hall–Kier alpha value is -2.72. The molecule has 4 atom stereocenters. The number of aliphatic hydroxyl groups excluding tert-OH is 1. The number of hydrogen-bond donors (Lipinski definition) is 2. The van der Waals surface area contributed by atoms with Gasteiger partial charge in [0.25, 0.3) is 0 Å². The van der Waals surface area contributed by atoms with Gasteiger partial charge < -0.3 is 25.1 Å². The van der Waals surface area contributed by atoms with Gasteiger partial charge in [-0.05, 0) is 25.0 Å². The Kier molecular flexibility index (Phi) is 6.51. The summed E-state index contributed by atoms with van der Waals surface area (Å²) in [4.78, 5) is 28.3. The predicted octanol–water partition coefficient (Wildman–Crippen LogP) is 1.44. The molecular weight excluding hydrogens is 404 g/mol. The standard InChI is InChI=1S/C21H30N4O6/c1-11(2)8-16(26)29-9-14-17(30-20(28)12(3)4)18(27)21(5,31-14)15-7-6-13-19(22)23-10-24-25(13)15/h6-7,10-12,14,17-18,27H,8-9H2,1-5H3,(H2,22,23,24)/t14-,17-,18-,21+/m1/s1. The minimum absolute atomic E-state index is 0.139. The summed E-state index contributed by atoms with van der Waals surface area (Å²) in [7, 11) is 0. The number of nitrogens with zero attached hydrogens (tertiary/aromatic N) is 3. The van der Waals surface area contributed by atoms with Crippen molar-refractivity contribution in [2.24, 2.45) is 11.8 Å². The van der Waals surface area contributed by atoms with Gasteiger partial charge in [0.05, 0.1) is 11.6 Å². The maximum Gasteiger partial charge on any atom is 0.308 e. The van der Waals surface area contributed by atoms with Crippen LogP contribution in [0.3, 0.4) is 0 Å². The highest BCUT2D eigenvalue weighted by molar-refractivity contribution is 5.72. The maximum atomic E-state index is 12.3. The SMILES string of the molecule is CC(C)CC(=O)OC[C@H]1O[C@@](C)(c2ccc3c(N)ncnn23)[C@H](O)[C@@H]1OC(=O)C(C)C. The van der Waals surface area contributed by atoms with E-state index in [1.165, 1.54) is 10.8 Å². The van der Waals surface area contributed by atoms with Crippen molar-refractivity contribution < 1.29 is 28.9 Å². The molecule has 0 aromatic carbocycles. The van der Waals surface area contributed by atoms with Crippen molar-refractivity contribution >= 4 is 23.3 Å². The highest BCUT2D eigenvalue weighted by Crippen LogP contribution is 2.42. The van der Waals surface area contributed by atoms with Crippen LogP contribution in [0.25, 0.3) is 5.52 Å². The van der Waals surface area contributed by atoms with Crippen molar-refractivity contribution in [3.8, 4) is 0 Å². The molecule has 0 amide bonds. The number of carbonyl (C=O) groups is 2. The Morgan fingerprint density at radius 2 is 2.03 bits per heavy atom. The monoisotopic (exact) mass is 434 g/mol. The summed E-state index contributed by atoms with van der Waals surface area (Å²) in [5.74, 6) is -0.852. The number of anilines is 1. The minimum Gasteiger partial charge on any atom is -0.463 e. The molecule has 170 valence electrons. The van der Waals surface area contributed by atoms with Gasteiger partial charge in [-0.25, -0.2) is 9.50 Å². The molecule has 0 spiro atoms. The molecule has 1 aliphatic rings. The molecule has 1 saturated heterocycles. The van der Waals surface area contributed by atoms with E-state index in [4.69, 9.17) is 19.9 Å². The predicted molar refractivity (Wildman–Crippen MR) is 111 cm³/mol. The van der Waals surface area contributed by atoms with E-state index in [-0.39, 0.29) is 30.7 Å². The molecule has 0 saturated carbocycles. The van der Waals surface area contributed by atoms with Crippen LogP contribution in [0, 0.1) is 11.8 Å². The van der Waals surface area contributed by atoms with Gasteiger partial charge in [0.2, 0.25) is 0 Å². The van der Waals surface area contributed by atoms with Gasteiger partial charge in [0.1, 0.15) is 36.3 Å². The van der Waals surface area contributed by atoms with Crippen molar-refractivity contribution in [2.45, 2.75) is 65.0 Å². The third-order valence-corrected chi connectivity index (χ3v) is 5.34. The lowest BCUT2D eigenvalue weighted by atomic mass is 9.93. The fraction of sp³-hybridized carbons (Fsp3) is 0.619. The van der Waals surface area contributed by atoms with Crippen LogP contribution >= 0.6 is 0 Å². The van der Waals surface area contributed by atoms with E-state index in [1.807, 2.05) is 13.8 Å². The molecule has 3 heterocycles. The first-order valence-electron chi connectivity index (χ1n) is 10.3. The van der Waals surface area contributed by atoms with E-state index < -0.39 is 35.8 Å². The molecular formula is C21H30N4O6. The quantitative estimate of drug-likeness (QED) is 0.620. The molecule has 1 aliphatic heterocycles. The van der Waals surface area contributed by atoms with Crippen LogP contribution < -0.4 is 5.73 Å². The van der Waals surface area contributed by atoms with Crippen molar-refractivity contribution in [3.05, 3.63) is 24.2 Å². The molecule has 10 heteroatoms. The van der Waals surface area contributed by atoms with Crippen molar-refractivity contribution in [2.75, 3.05) is 12.3 Å². The molecule has 0 radical (unpaired) electrons. The summed E-state index contributed by atoms with van der Waals surface area (Å²) in [6.45, 7) is 8.72. The summed E-state index contributed by atoms with van der Waals surface area (Å²) in [5.41, 5.74) is 5.68. The summed E-state index contributed by atoms with van der Waals surface area (Å²) >= 11 is 0. The lowest BCUT2D eigenvalue weighted by Gasteiger charge is -2.27. The fourth-order valence-electron chi connectivity index (χ4n) is 3.62. The zero-order valence-electron chi connectivity index (χ0n) is 18.4. The van der Waals surface area contributed by atoms with Gasteiger partial charge in [0, 0.05) is 6.42 Å². The van der Waals surface area contributed by atoms with Gasteiger partial charge in [-0.15, -0.1) is 0 Å². The van der Waals surface area contributed by atoms with Crippen LogP contribution in [0.2, 0.25) is 0 Å². The Bertz CT molecular complexity index is 958. The van der Waals surface area contributed by atoms with Crippen LogP contribution in [-0.2, 0) is 29.4 Å². The molecule has 0 aliphatic carbocycles. The molecule has 3 N–H and O–H groups in total. The molecule has 2 aromatic rings. The lowest BCUT2D eigenvalue weighted by molar-refractivity contribution is -0.163. The number of ether oxygens (including phenoxy) is 3. The van der Waals surface area contributed by atoms with Crippen molar-refractivity contribution in [3.63, 3.8) is 0 Å². The van der Waals surface area contributed by atoms with Gasteiger partial charge in [0.15, 0.2) is 11.9 Å². The second kappa shape index (κ2) is 8.80. The van der Waals surface area contributed by atoms with Gasteiger partial charge in [-0.3, -0.25) is 9.59 Å². The zero-order chi connectivity index (χ0) is 22.9. The number of aromatic nitrogens is 3. The van der Waals surface area contributed by atoms with Gasteiger partial charge in [-0.2, -0.15) is 5.10 Å². The van der Waals surface area contributed by atoms with E-state index in [0.717, 1.165) is 0 Å². The summed E-state index contributed by atoms with van der Waals surface area (Å²) in [6, 6.07) is 3.44. The van der Waals surface area contributed by atoms with Gasteiger partial charge >= 0.3 is 11.9 Å². The number of esters is 2. The second-order valence-corrected chi connectivity index (χ2v) is 8.71. The van der Waals surface area contributed by atoms with E-state index in [9.17, 15) is 14.7 Å². The smallest absolute Gasteiger partial charge is 0.308 e. The Balaban J connectivity index is 1.91. The molecule has 2 aromatic heterocycles. The molecule has 1 fully saturated rings. The van der Waals surface area contributed by atoms with Crippen LogP contribution in [0.15, 0.2) is 18.5 Å². The highest BCUT2D eigenvalue weighted by atomic mass is 16.6. The minimum atomic E-state index is -1.30. The highest BCUT2D eigenvalue weighted by Gasteiger charge is 2.56. The number of nitrogen functional groups attached to an aromatic ring is 1. The van der Waals surface area contributed by atoms with Crippen molar-refractivity contribution in [1.29, 1.82) is 0 Å². The molecule has 31 heavy (non-hydrogen) atoms. The largest absolute Gasteiger partial charge is 0.463 e. The van der Waals surface area contributed by atoms with Crippen molar-refractivity contribution in [1.82, 2.24) is 14.6 Å². The number of rotatable bonds is 7. The fourth-order valence-corrected chi connectivity index (χ4v) is 3.62. The normalized spacial score (nSPS) is 26.0. The number of hydrogen-bond acceptors (Lipinski definition) is 9. The second-order valence-electron chi connectivity index (χ2n) is 8.71. The Morgan fingerprint density at radius 1 is 1.32 bits per heavy atom. The lowest BCUT2D eigenvalue weighted by Crippen LogP contribution is -2.43. The van der Waals surface area contributed by atoms with E-state index in [0.29, 0.717) is 11.2 Å². The van der Waals surface area contributed by atoms with E-state index in [2.05, 4.69) is 10.1 Å². The summed E-state index contributed by atoms with van der Waals surface area (Å²) in [6.07, 6.45) is -1.57. The summed E-state index contributed by atoms with van der Waals surface area (Å²) in [5, 5.41) is 15.4. The molecule has 0 unspecified atom stereocenters. The molecule has 3 rings (SSSR count). The maximum absolute atomic E-state index is 12.3. The first-order chi connectivity index (χ1) is 14.5. The first-order valence-corrected chi connectivity index (χ1v) is 10.3. The zero-order valence-corrected chi connectivity index (χ0v) is 18.4. The number of nitrogens with two attached hydrogens (primary N) is 1. The molecule has 10 nitrogen and oxygen atoms in total. The van der Waals surface area contributed by atoms with Crippen LogP contribution in [0.1, 0.15) is 46.7 Å².